The lowest BCUT2D eigenvalue weighted by Crippen LogP contribution is -2.34. The fourth-order valence-electron chi connectivity index (χ4n) is 5.15. The van der Waals surface area contributed by atoms with E-state index in [1.807, 2.05) is 24.3 Å². The van der Waals surface area contributed by atoms with Crippen molar-refractivity contribution in [3.05, 3.63) is 83.9 Å². The average Bonchev–Trinajstić information content (AvgIpc) is 3.46. The predicted molar refractivity (Wildman–Crippen MR) is 171 cm³/mol. The normalized spacial score (nSPS) is 14.9. The number of aromatic nitrogens is 1. The van der Waals surface area contributed by atoms with Gasteiger partial charge in [-0.05, 0) is 80.0 Å². The van der Waals surface area contributed by atoms with Gasteiger partial charge in [0.05, 0.1) is 18.7 Å². The Hall–Kier alpha value is -4.45. The number of benzene rings is 2. The van der Waals surface area contributed by atoms with Crippen LogP contribution in [-0.2, 0) is 4.74 Å². The Morgan fingerprint density at radius 2 is 1.89 bits per heavy atom. The van der Waals surface area contributed by atoms with Gasteiger partial charge in [-0.3, -0.25) is 9.36 Å². The number of carbonyl (C=O) groups is 2. The Kier molecular flexibility index (Phi) is 12.1. The standard InChI is InChI=1S/C33H41N5O6/c1-35-33(41)38-17-12-27-22-31(30(23-29(27)38)43-21-3-20-42-2)44-28(8-13-34)9-14-36-32(40)26-6-4-24(5-7-26)25-10-15-37(16-11-25)18-19-39/h4-9,12-14,17,22-23,25,39H,3,10-11,15-16,18-21,34H2,1-2H3,(H,35,41)/b13-8+,28-9+,36-14-. The number of piperidine rings is 1. The van der Waals surface area contributed by atoms with Crippen molar-refractivity contribution in [3.8, 4) is 11.5 Å². The molecule has 4 N–H and O–H groups in total. The number of allylic oxidation sites excluding steroid dienone is 2. The van der Waals surface area contributed by atoms with Gasteiger partial charge >= 0.3 is 6.03 Å². The number of rotatable bonds is 13. The van der Waals surface area contributed by atoms with Crippen LogP contribution in [0.4, 0.5) is 4.79 Å². The molecule has 0 unspecified atom stereocenters. The summed E-state index contributed by atoms with van der Waals surface area (Å²) in [4.78, 5) is 31.5. The SMILES string of the molecule is CNC(=O)n1ccc2cc(OC(/C=C/N)=C/C=N\C(=O)c3ccc(C4CCN(CCO)CC4)cc3)c(OCCCOC)cc21. The van der Waals surface area contributed by atoms with Gasteiger partial charge in [-0.1, -0.05) is 12.1 Å². The quantitative estimate of drug-likeness (QED) is 0.115. The summed E-state index contributed by atoms with van der Waals surface area (Å²) < 4.78 is 18.8. The van der Waals surface area contributed by atoms with Gasteiger partial charge < -0.3 is 35.3 Å². The second-order valence-electron chi connectivity index (χ2n) is 10.4. The van der Waals surface area contributed by atoms with Crippen LogP contribution in [0.1, 0.15) is 41.1 Å². The number of nitrogens with zero attached hydrogens (tertiary/aromatic N) is 3. The third-order valence-corrected chi connectivity index (χ3v) is 7.49. The van der Waals surface area contributed by atoms with E-state index >= 15 is 0 Å². The molecular weight excluding hydrogens is 562 g/mol. The zero-order valence-electron chi connectivity index (χ0n) is 25.3. The van der Waals surface area contributed by atoms with E-state index in [9.17, 15) is 9.59 Å². The number of carbonyl (C=O) groups excluding carboxylic acids is 2. The third-order valence-electron chi connectivity index (χ3n) is 7.49. The Morgan fingerprint density at radius 3 is 2.57 bits per heavy atom. The predicted octanol–water partition coefficient (Wildman–Crippen LogP) is 4.06. The van der Waals surface area contributed by atoms with Gasteiger partial charge in [-0.25, -0.2) is 9.79 Å². The number of amides is 2. The van der Waals surface area contributed by atoms with E-state index in [1.165, 1.54) is 22.5 Å². The van der Waals surface area contributed by atoms with E-state index in [0.29, 0.717) is 60.4 Å². The van der Waals surface area contributed by atoms with Crippen LogP contribution in [0.5, 0.6) is 11.5 Å². The number of aliphatic hydroxyl groups is 1. The molecule has 0 spiro atoms. The molecule has 1 aliphatic rings. The minimum atomic E-state index is -0.374. The van der Waals surface area contributed by atoms with Crippen LogP contribution in [0.15, 0.2) is 77.8 Å². The maximum Gasteiger partial charge on any atom is 0.325 e. The summed E-state index contributed by atoms with van der Waals surface area (Å²) in [6, 6.07) is 12.7. The molecule has 234 valence electrons. The first-order chi connectivity index (χ1) is 21.5. The van der Waals surface area contributed by atoms with Crippen LogP contribution in [0.3, 0.4) is 0 Å². The van der Waals surface area contributed by atoms with Crippen molar-refractivity contribution in [3.63, 3.8) is 0 Å². The molecule has 1 aromatic heterocycles. The number of aliphatic hydroxyl groups excluding tert-OH is 1. The Morgan fingerprint density at radius 1 is 1.11 bits per heavy atom. The van der Waals surface area contributed by atoms with E-state index in [-0.39, 0.29) is 18.5 Å². The molecule has 2 amide bonds. The maximum absolute atomic E-state index is 12.8. The van der Waals surface area contributed by atoms with Crippen LogP contribution in [0, 0.1) is 0 Å². The summed E-state index contributed by atoms with van der Waals surface area (Å²) in [5.74, 6) is 1.24. The number of nitrogens with one attached hydrogen (secondary N) is 1. The monoisotopic (exact) mass is 603 g/mol. The Balaban J connectivity index is 1.47. The molecule has 0 aliphatic carbocycles. The van der Waals surface area contributed by atoms with Crippen molar-refractivity contribution in [1.29, 1.82) is 0 Å². The average molecular weight is 604 g/mol. The first kappa shape index (κ1) is 32.5. The molecule has 1 saturated heterocycles. The zero-order chi connectivity index (χ0) is 31.3. The minimum Gasteiger partial charge on any atom is -0.490 e. The van der Waals surface area contributed by atoms with Crippen molar-refractivity contribution in [2.75, 3.05) is 53.6 Å². The number of aliphatic imine (C=N–C) groups is 1. The van der Waals surface area contributed by atoms with E-state index in [1.54, 1.807) is 50.7 Å². The van der Waals surface area contributed by atoms with Gasteiger partial charge in [0.1, 0.15) is 5.76 Å². The first-order valence-electron chi connectivity index (χ1n) is 14.7. The minimum absolute atomic E-state index is 0.183. The molecule has 2 heterocycles. The van der Waals surface area contributed by atoms with Crippen LogP contribution < -0.4 is 20.5 Å². The fourth-order valence-corrected chi connectivity index (χ4v) is 5.15. The molecule has 0 bridgehead atoms. The highest BCUT2D eigenvalue weighted by Gasteiger charge is 2.20. The molecule has 1 aliphatic heterocycles. The molecule has 0 saturated carbocycles. The van der Waals surface area contributed by atoms with E-state index in [0.717, 1.165) is 31.3 Å². The lowest BCUT2D eigenvalue weighted by Gasteiger charge is -2.31. The van der Waals surface area contributed by atoms with Gasteiger partial charge in [-0.15, -0.1) is 0 Å². The summed E-state index contributed by atoms with van der Waals surface area (Å²) in [7, 11) is 3.19. The van der Waals surface area contributed by atoms with Crippen molar-refractivity contribution in [2.24, 2.45) is 10.7 Å². The highest BCUT2D eigenvalue weighted by atomic mass is 16.5. The summed E-state index contributed by atoms with van der Waals surface area (Å²) in [5, 5.41) is 12.5. The number of likely N-dealkylation sites (tertiary alicyclic amines) is 1. The highest BCUT2D eigenvalue weighted by molar-refractivity contribution is 6.00. The number of β-amino-alcohol motifs (C(OH)–C–C–N with tert-alkyl or cyclic N) is 1. The molecular formula is C33H41N5O6. The van der Waals surface area contributed by atoms with Crippen molar-refractivity contribution in [1.82, 2.24) is 14.8 Å². The molecule has 2 aromatic carbocycles. The number of fused-ring (bicyclic) bond motifs is 1. The van der Waals surface area contributed by atoms with Crippen molar-refractivity contribution in [2.45, 2.75) is 25.2 Å². The number of hydrogen-bond acceptors (Lipinski definition) is 8. The van der Waals surface area contributed by atoms with E-state index in [2.05, 4.69) is 15.2 Å². The largest absolute Gasteiger partial charge is 0.490 e. The number of ether oxygens (including phenoxy) is 3. The topological polar surface area (TPSA) is 141 Å². The number of nitrogens with two attached hydrogens (primary N) is 1. The second kappa shape index (κ2) is 16.4. The van der Waals surface area contributed by atoms with Crippen LogP contribution in [-0.4, -0.2) is 86.3 Å². The molecule has 44 heavy (non-hydrogen) atoms. The molecule has 1 fully saturated rings. The van der Waals surface area contributed by atoms with E-state index in [4.69, 9.17) is 25.1 Å². The van der Waals surface area contributed by atoms with Crippen molar-refractivity contribution >= 4 is 29.1 Å². The lowest BCUT2D eigenvalue weighted by molar-refractivity contribution is 0.100. The molecule has 0 radical (unpaired) electrons. The Labute approximate surface area is 257 Å². The number of hydrogen-bond donors (Lipinski definition) is 3. The maximum atomic E-state index is 12.8. The van der Waals surface area contributed by atoms with Crippen LogP contribution in [0.25, 0.3) is 10.9 Å². The van der Waals surface area contributed by atoms with Gasteiger partial charge in [-0.2, -0.15) is 0 Å². The van der Waals surface area contributed by atoms with Gasteiger partial charge in [0.15, 0.2) is 11.5 Å². The smallest absolute Gasteiger partial charge is 0.325 e. The molecule has 3 aromatic rings. The lowest BCUT2D eigenvalue weighted by atomic mass is 9.89. The van der Waals surface area contributed by atoms with Crippen LogP contribution >= 0.6 is 0 Å². The zero-order valence-corrected chi connectivity index (χ0v) is 25.3. The summed E-state index contributed by atoms with van der Waals surface area (Å²) in [6.45, 7) is 3.73. The van der Waals surface area contributed by atoms with Crippen molar-refractivity contribution < 1.29 is 28.9 Å². The van der Waals surface area contributed by atoms with Gasteiger partial charge in [0.2, 0.25) is 0 Å². The van der Waals surface area contributed by atoms with Gasteiger partial charge in [0.25, 0.3) is 5.91 Å². The Bertz CT molecular complexity index is 1490. The molecule has 11 nitrogen and oxygen atoms in total. The molecule has 0 atom stereocenters. The van der Waals surface area contributed by atoms with Gasteiger partial charge in [0, 0.05) is 63.2 Å². The number of methoxy groups -OCH3 is 1. The third kappa shape index (κ3) is 8.56. The molecule has 4 rings (SSSR count). The summed E-state index contributed by atoms with van der Waals surface area (Å²) in [5.41, 5.74) is 8.04. The summed E-state index contributed by atoms with van der Waals surface area (Å²) in [6.07, 6.45) is 10.2. The molecule has 11 heteroatoms. The van der Waals surface area contributed by atoms with Crippen LogP contribution in [0.2, 0.25) is 0 Å². The fraction of sp³-hybridized carbons (Fsp3) is 0.364. The first-order valence-corrected chi connectivity index (χ1v) is 14.7. The second-order valence-corrected chi connectivity index (χ2v) is 10.4. The summed E-state index contributed by atoms with van der Waals surface area (Å²) >= 11 is 0. The highest BCUT2D eigenvalue weighted by Crippen LogP contribution is 2.35. The van der Waals surface area contributed by atoms with E-state index < -0.39 is 0 Å².